The predicted molar refractivity (Wildman–Crippen MR) is 102 cm³/mol. The number of hydrogen-bond donors (Lipinski definition) is 2. The molecule has 3 aromatic rings. The number of benzene rings is 1. The summed E-state index contributed by atoms with van der Waals surface area (Å²) in [6.45, 7) is 5.08. The number of fused-ring (bicyclic) bond motifs is 1. The molecule has 1 atom stereocenters. The molecule has 3 heterocycles. The number of rotatable bonds is 4. The molecule has 4 rings (SSSR count). The lowest BCUT2D eigenvalue weighted by Crippen LogP contribution is -2.42. The third-order valence-corrected chi connectivity index (χ3v) is 5.18. The molecule has 1 aliphatic heterocycles. The molecular weight excluding hydrogens is 385 g/mol. The molecule has 1 aromatic carbocycles. The lowest BCUT2D eigenvalue weighted by molar-refractivity contribution is -0.137. The Morgan fingerprint density at radius 2 is 2.10 bits per heavy atom. The van der Waals surface area contributed by atoms with Crippen molar-refractivity contribution in [2.75, 3.05) is 25.0 Å². The van der Waals surface area contributed by atoms with Crippen molar-refractivity contribution in [3.05, 3.63) is 36.2 Å². The molecule has 1 fully saturated rings. The Morgan fingerprint density at radius 1 is 1.28 bits per heavy atom. The number of nitrogens with one attached hydrogen (secondary N) is 1. The third kappa shape index (κ3) is 3.84. The topological polar surface area (TPSA) is 78.6 Å². The molecule has 7 nitrogen and oxygen atoms in total. The summed E-state index contributed by atoms with van der Waals surface area (Å²) in [6.07, 6.45) is 0.758. The molecule has 1 aliphatic rings. The first kappa shape index (κ1) is 19.4. The van der Waals surface area contributed by atoms with E-state index in [2.05, 4.69) is 32.3 Å². The summed E-state index contributed by atoms with van der Waals surface area (Å²) >= 11 is 0. The van der Waals surface area contributed by atoms with E-state index < -0.39 is 17.5 Å². The van der Waals surface area contributed by atoms with Crippen molar-refractivity contribution in [2.45, 2.75) is 32.0 Å². The number of alkyl halides is 3. The van der Waals surface area contributed by atoms with Gasteiger partial charge >= 0.3 is 6.18 Å². The Kier molecular flexibility index (Phi) is 5.03. The average Bonchev–Trinajstić information content (AvgIpc) is 3.18. The lowest BCUT2D eigenvalue weighted by Gasteiger charge is -2.32. The van der Waals surface area contributed by atoms with Gasteiger partial charge in [-0.3, -0.25) is 4.40 Å². The number of piperidine rings is 1. The first-order chi connectivity index (χ1) is 13.9. The summed E-state index contributed by atoms with van der Waals surface area (Å²) in [4.78, 5) is 6.67. The molecule has 29 heavy (non-hydrogen) atoms. The van der Waals surface area contributed by atoms with Crippen molar-refractivity contribution in [1.82, 2.24) is 24.5 Å². The Bertz CT molecular complexity index is 1020. The predicted octanol–water partition coefficient (Wildman–Crippen LogP) is 3.41. The van der Waals surface area contributed by atoms with Crippen LogP contribution in [0.25, 0.3) is 17.0 Å². The largest absolute Gasteiger partial charge is 0.507 e. The van der Waals surface area contributed by atoms with Crippen molar-refractivity contribution in [1.29, 1.82) is 0 Å². The van der Waals surface area contributed by atoms with E-state index in [1.807, 2.05) is 0 Å². The van der Waals surface area contributed by atoms with Gasteiger partial charge in [0.2, 0.25) is 0 Å². The van der Waals surface area contributed by atoms with E-state index in [1.54, 1.807) is 16.8 Å². The number of aromatic nitrogens is 4. The van der Waals surface area contributed by atoms with Crippen molar-refractivity contribution in [2.24, 2.45) is 0 Å². The Labute approximate surface area is 165 Å². The Hall–Kier alpha value is -2.88. The molecule has 10 heteroatoms. The highest BCUT2D eigenvalue weighted by Crippen LogP contribution is 2.36. The number of imidazole rings is 1. The number of likely N-dealkylation sites (N-methyl/N-ethyl adjacent to an activating group) is 1. The fourth-order valence-corrected chi connectivity index (χ4v) is 3.67. The maximum atomic E-state index is 12.9. The zero-order chi connectivity index (χ0) is 20.6. The molecule has 0 spiro atoms. The molecule has 2 aromatic heterocycles. The standard InChI is InChI=1S/C19H21F3N6O/c1-2-27-8-3-4-13(11-27)24-16-18-23-7-9-28(18)17(26-25-16)14-6-5-12(10-15(14)29)19(20,21)22/h5-7,9-10,13,29H,2-4,8,11H2,1H3,(H,24,25). The fourth-order valence-electron chi connectivity index (χ4n) is 3.67. The second-order valence-electron chi connectivity index (χ2n) is 7.10. The molecule has 1 unspecified atom stereocenters. The lowest BCUT2D eigenvalue weighted by atomic mass is 10.1. The Morgan fingerprint density at radius 3 is 2.83 bits per heavy atom. The highest BCUT2D eigenvalue weighted by molar-refractivity contribution is 5.71. The average molecular weight is 406 g/mol. The highest BCUT2D eigenvalue weighted by Gasteiger charge is 2.31. The maximum Gasteiger partial charge on any atom is 0.416 e. The highest BCUT2D eigenvalue weighted by atomic mass is 19.4. The smallest absolute Gasteiger partial charge is 0.416 e. The van der Waals surface area contributed by atoms with Gasteiger partial charge in [0.1, 0.15) is 5.75 Å². The third-order valence-electron chi connectivity index (χ3n) is 5.18. The molecule has 2 N–H and O–H groups in total. The number of aromatic hydroxyl groups is 1. The molecule has 0 radical (unpaired) electrons. The number of anilines is 1. The van der Waals surface area contributed by atoms with Crippen LogP contribution in [-0.2, 0) is 6.18 Å². The summed E-state index contributed by atoms with van der Waals surface area (Å²) in [5.74, 6) is 0.205. The number of likely N-dealkylation sites (tertiary alicyclic amines) is 1. The number of halogens is 3. The van der Waals surface area contributed by atoms with Gasteiger partial charge in [-0.2, -0.15) is 13.2 Å². The van der Waals surface area contributed by atoms with Crippen LogP contribution in [0.4, 0.5) is 19.0 Å². The number of phenols is 1. The van der Waals surface area contributed by atoms with Crippen LogP contribution < -0.4 is 5.32 Å². The van der Waals surface area contributed by atoms with Gasteiger partial charge < -0.3 is 15.3 Å². The molecule has 0 saturated carbocycles. The van der Waals surface area contributed by atoms with Crippen LogP contribution >= 0.6 is 0 Å². The molecule has 0 bridgehead atoms. The minimum absolute atomic E-state index is 0.148. The van der Waals surface area contributed by atoms with Gasteiger partial charge in [0, 0.05) is 25.0 Å². The van der Waals surface area contributed by atoms with Crippen molar-refractivity contribution >= 4 is 11.5 Å². The summed E-state index contributed by atoms with van der Waals surface area (Å²) in [6, 6.07) is 3.00. The van der Waals surface area contributed by atoms with Gasteiger partial charge in [-0.1, -0.05) is 6.92 Å². The summed E-state index contributed by atoms with van der Waals surface area (Å²) < 4.78 is 40.2. The maximum absolute atomic E-state index is 12.9. The van der Waals surface area contributed by atoms with Gasteiger partial charge in [0.05, 0.1) is 11.1 Å². The SMILES string of the molecule is CCN1CCCC(Nc2nnc(-c3ccc(C(F)(F)F)cc3O)n3ccnc23)C1. The molecular formula is C19H21F3N6O. The van der Waals surface area contributed by atoms with Crippen LogP contribution in [0.2, 0.25) is 0 Å². The van der Waals surface area contributed by atoms with E-state index >= 15 is 0 Å². The van der Waals surface area contributed by atoms with E-state index in [1.165, 1.54) is 6.07 Å². The Balaban J connectivity index is 1.67. The minimum atomic E-state index is -4.54. The first-order valence-electron chi connectivity index (χ1n) is 9.46. The zero-order valence-electron chi connectivity index (χ0n) is 15.8. The quantitative estimate of drug-likeness (QED) is 0.691. The van der Waals surface area contributed by atoms with E-state index in [4.69, 9.17) is 0 Å². The van der Waals surface area contributed by atoms with E-state index in [0.29, 0.717) is 17.5 Å². The van der Waals surface area contributed by atoms with Gasteiger partial charge in [0.25, 0.3) is 0 Å². The monoisotopic (exact) mass is 406 g/mol. The van der Waals surface area contributed by atoms with Crippen molar-refractivity contribution in [3.63, 3.8) is 0 Å². The first-order valence-corrected chi connectivity index (χ1v) is 9.46. The van der Waals surface area contributed by atoms with E-state index in [9.17, 15) is 18.3 Å². The second-order valence-corrected chi connectivity index (χ2v) is 7.10. The van der Waals surface area contributed by atoms with Crippen molar-refractivity contribution in [3.8, 4) is 17.1 Å². The van der Waals surface area contributed by atoms with Gasteiger partial charge in [-0.25, -0.2) is 4.98 Å². The fraction of sp³-hybridized carbons (Fsp3) is 0.421. The molecule has 154 valence electrons. The summed E-state index contributed by atoms with van der Waals surface area (Å²) in [5, 5.41) is 21.9. The minimum Gasteiger partial charge on any atom is -0.507 e. The zero-order valence-corrected chi connectivity index (χ0v) is 15.8. The van der Waals surface area contributed by atoms with Crippen LogP contribution in [0, 0.1) is 0 Å². The van der Waals surface area contributed by atoms with Crippen LogP contribution in [0.1, 0.15) is 25.3 Å². The normalized spacial score (nSPS) is 18.3. The summed E-state index contributed by atoms with van der Waals surface area (Å²) in [7, 11) is 0. The summed E-state index contributed by atoms with van der Waals surface area (Å²) in [5.41, 5.74) is -0.276. The molecule has 0 amide bonds. The van der Waals surface area contributed by atoms with Crippen LogP contribution in [0.15, 0.2) is 30.6 Å². The second kappa shape index (κ2) is 7.51. The number of hydrogen-bond acceptors (Lipinski definition) is 6. The van der Waals surface area contributed by atoms with Crippen molar-refractivity contribution < 1.29 is 18.3 Å². The van der Waals surface area contributed by atoms with E-state index in [0.717, 1.165) is 38.5 Å². The van der Waals surface area contributed by atoms with Crippen LogP contribution in [-0.4, -0.2) is 55.3 Å². The number of nitrogens with zero attached hydrogens (tertiary/aromatic N) is 5. The molecule has 1 saturated heterocycles. The van der Waals surface area contributed by atoms with Gasteiger partial charge in [-0.15, -0.1) is 10.2 Å². The number of phenolic OH excluding ortho intramolecular Hbond substituents is 1. The van der Waals surface area contributed by atoms with Gasteiger partial charge in [0.15, 0.2) is 17.3 Å². The van der Waals surface area contributed by atoms with Crippen LogP contribution in [0.3, 0.4) is 0 Å². The van der Waals surface area contributed by atoms with Gasteiger partial charge in [-0.05, 0) is 44.1 Å². The van der Waals surface area contributed by atoms with Crippen LogP contribution in [0.5, 0.6) is 5.75 Å². The molecule has 0 aliphatic carbocycles. The van der Waals surface area contributed by atoms with E-state index in [-0.39, 0.29) is 17.4 Å².